The van der Waals surface area contributed by atoms with Gasteiger partial charge in [-0.05, 0) is 55.0 Å². The maximum atomic E-state index is 12.7. The Hall–Kier alpha value is -3.52. The number of carbonyl (C=O) groups is 1. The number of nitrogens with one attached hydrogen (secondary N) is 2. The number of aryl methyl sites for hydroxylation is 1. The van der Waals surface area contributed by atoms with Crippen molar-refractivity contribution in [1.82, 2.24) is 5.32 Å². The lowest BCUT2D eigenvalue weighted by Crippen LogP contribution is -2.40. The summed E-state index contributed by atoms with van der Waals surface area (Å²) in [6.07, 6.45) is -0.339. The number of ether oxygens (including phenoxy) is 2. The summed E-state index contributed by atoms with van der Waals surface area (Å²) in [6, 6.07) is 20.3. The number of carbonyl (C=O) groups excluding carboxylic acids is 1. The second-order valence-electron chi connectivity index (χ2n) is 7.21. The normalized spacial score (nSPS) is 15.2. The molecule has 0 radical (unpaired) electrons. The molecular weight excluding hydrogens is 416 g/mol. The van der Waals surface area contributed by atoms with Gasteiger partial charge in [-0.2, -0.15) is 0 Å². The van der Waals surface area contributed by atoms with Crippen LogP contribution in [0.25, 0.3) is 0 Å². The van der Waals surface area contributed by atoms with E-state index < -0.39 is 15.9 Å². The standard InChI is InChI=1S/C23H22N2O5S/c1-16-6-4-8-18(12-16)25-31(27,28)20-9-5-7-17(13-20)23(26)24-14-19-15-29-21-10-2-3-11-22(21)30-19/h2-13,19,25H,14-15H2,1H3,(H,24,26)/t19-/m1/s1. The quantitative estimate of drug-likeness (QED) is 0.616. The molecule has 0 saturated heterocycles. The van der Waals surface area contributed by atoms with E-state index >= 15 is 0 Å². The van der Waals surface area contributed by atoms with Gasteiger partial charge in [0.05, 0.1) is 11.4 Å². The second kappa shape index (κ2) is 8.69. The summed E-state index contributed by atoms with van der Waals surface area (Å²) < 4.78 is 39.5. The smallest absolute Gasteiger partial charge is 0.261 e. The lowest BCUT2D eigenvalue weighted by atomic mass is 10.2. The van der Waals surface area contributed by atoms with E-state index in [1.165, 1.54) is 18.2 Å². The van der Waals surface area contributed by atoms with Gasteiger partial charge in [-0.3, -0.25) is 9.52 Å². The van der Waals surface area contributed by atoms with Crippen LogP contribution in [0.1, 0.15) is 15.9 Å². The third kappa shape index (κ3) is 4.97. The zero-order chi connectivity index (χ0) is 21.8. The van der Waals surface area contributed by atoms with Crippen LogP contribution < -0.4 is 19.5 Å². The van der Waals surface area contributed by atoms with Gasteiger partial charge in [0.15, 0.2) is 11.5 Å². The van der Waals surface area contributed by atoms with Crippen LogP contribution in [0.3, 0.4) is 0 Å². The summed E-state index contributed by atoms with van der Waals surface area (Å²) in [5, 5.41) is 2.78. The van der Waals surface area contributed by atoms with Crippen molar-refractivity contribution < 1.29 is 22.7 Å². The number of benzene rings is 3. The molecule has 0 aliphatic carbocycles. The summed E-state index contributed by atoms with van der Waals surface area (Å²) >= 11 is 0. The Morgan fingerprint density at radius 3 is 2.58 bits per heavy atom. The van der Waals surface area contributed by atoms with Crippen molar-refractivity contribution in [1.29, 1.82) is 0 Å². The molecule has 1 aliphatic rings. The van der Waals surface area contributed by atoms with Crippen molar-refractivity contribution in [3.05, 3.63) is 83.9 Å². The molecule has 8 heteroatoms. The Labute approximate surface area is 181 Å². The summed E-state index contributed by atoms with van der Waals surface area (Å²) in [4.78, 5) is 12.6. The van der Waals surface area contributed by atoms with Crippen LogP contribution >= 0.6 is 0 Å². The van der Waals surface area contributed by atoms with E-state index in [1.807, 2.05) is 31.2 Å². The molecule has 1 atom stereocenters. The zero-order valence-electron chi connectivity index (χ0n) is 16.9. The van der Waals surface area contributed by atoms with Crippen LogP contribution in [-0.4, -0.2) is 33.6 Å². The van der Waals surface area contributed by atoms with Crippen LogP contribution in [0.15, 0.2) is 77.7 Å². The lowest BCUT2D eigenvalue weighted by molar-refractivity contribution is 0.0789. The molecule has 4 rings (SSSR count). The summed E-state index contributed by atoms with van der Waals surface area (Å²) in [7, 11) is -3.83. The lowest BCUT2D eigenvalue weighted by Gasteiger charge is -2.26. The number of anilines is 1. The van der Waals surface area contributed by atoms with Crippen LogP contribution in [0.2, 0.25) is 0 Å². The molecule has 0 saturated carbocycles. The van der Waals surface area contributed by atoms with Gasteiger partial charge in [0.2, 0.25) is 0 Å². The van der Waals surface area contributed by atoms with E-state index in [1.54, 1.807) is 30.3 Å². The average Bonchev–Trinajstić information content (AvgIpc) is 2.77. The van der Waals surface area contributed by atoms with Gasteiger partial charge in [-0.25, -0.2) is 8.42 Å². The third-order valence-corrected chi connectivity index (χ3v) is 6.11. The van der Waals surface area contributed by atoms with Gasteiger partial charge >= 0.3 is 0 Å². The van der Waals surface area contributed by atoms with Crippen molar-refractivity contribution in [3.63, 3.8) is 0 Å². The highest BCUT2D eigenvalue weighted by molar-refractivity contribution is 7.92. The number of rotatable bonds is 6. The van der Waals surface area contributed by atoms with Gasteiger partial charge in [0.25, 0.3) is 15.9 Å². The summed E-state index contributed by atoms with van der Waals surface area (Å²) in [5.74, 6) is 0.905. The average molecular weight is 439 g/mol. The largest absolute Gasteiger partial charge is 0.486 e. The fourth-order valence-corrected chi connectivity index (χ4v) is 4.29. The molecule has 31 heavy (non-hydrogen) atoms. The van der Waals surface area contributed by atoms with Crippen molar-refractivity contribution >= 4 is 21.6 Å². The minimum absolute atomic E-state index is 0.00725. The minimum Gasteiger partial charge on any atom is -0.486 e. The predicted octanol–water partition coefficient (Wildman–Crippen LogP) is 3.37. The maximum absolute atomic E-state index is 12.7. The molecule has 2 N–H and O–H groups in total. The van der Waals surface area contributed by atoms with Crippen molar-refractivity contribution in [2.45, 2.75) is 17.9 Å². The monoisotopic (exact) mass is 438 g/mol. The second-order valence-corrected chi connectivity index (χ2v) is 8.89. The van der Waals surface area contributed by atoms with E-state index in [9.17, 15) is 13.2 Å². The Kier molecular flexibility index (Phi) is 5.81. The number of fused-ring (bicyclic) bond motifs is 1. The van der Waals surface area contributed by atoms with Gasteiger partial charge in [-0.1, -0.05) is 30.3 Å². The predicted molar refractivity (Wildman–Crippen MR) is 117 cm³/mol. The molecule has 3 aromatic carbocycles. The first-order chi connectivity index (χ1) is 14.9. The topological polar surface area (TPSA) is 93.7 Å². The van der Waals surface area contributed by atoms with E-state index in [-0.39, 0.29) is 23.1 Å². The first kappa shape index (κ1) is 20.7. The molecule has 1 aliphatic heterocycles. The molecule has 0 bridgehead atoms. The third-order valence-electron chi connectivity index (χ3n) is 4.73. The molecule has 3 aromatic rings. The van der Waals surface area contributed by atoms with Crippen molar-refractivity contribution in [3.8, 4) is 11.5 Å². The summed E-state index contributed by atoms with van der Waals surface area (Å²) in [5.41, 5.74) is 1.64. The first-order valence-electron chi connectivity index (χ1n) is 9.77. The zero-order valence-corrected chi connectivity index (χ0v) is 17.7. The van der Waals surface area contributed by atoms with Crippen molar-refractivity contribution in [2.24, 2.45) is 0 Å². The Bertz CT molecular complexity index is 1210. The highest BCUT2D eigenvalue weighted by atomic mass is 32.2. The highest BCUT2D eigenvalue weighted by Crippen LogP contribution is 2.30. The Morgan fingerprint density at radius 1 is 1.00 bits per heavy atom. The van der Waals surface area contributed by atoms with Gasteiger partial charge in [0.1, 0.15) is 12.7 Å². The van der Waals surface area contributed by atoms with Gasteiger partial charge in [0, 0.05) is 11.3 Å². The Morgan fingerprint density at radius 2 is 1.77 bits per heavy atom. The maximum Gasteiger partial charge on any atom is 0.261 e. The number of sulfonamides is 1. The van der Waals surface area contributed by atoms with Crippen LogP contribution in [-0.2, 0) is 10.0 Å². The van der Waals surface area contributed by atoms with E-state index in [0.29, 0.717) is 23.8 Å². The summed E-state index contributed by atoms with van der Waals surface area (Å²) in [6.45, 7) is 2.42. The number of hydrogen-bond donors (Lipinski definition) is 2. The highest BCUT2D eigenvalue weighted by Gasteiger charge is 2.22. The first-order valence-corrected chi connectivity index (χ1v) is 11.3. The molecule has 0 aromatic heterocycles. The Balaban J connectivity index is 1.41. The molecule has 0 spiro atoms. The molecule has 1 amide bonds. The van der Waals surface area contributed by atoms with Gasteiger partial charge < -0.3 is 14.8 Å². The van der Waals surface area contributed by atoms with Crippen LogP contribution in [0, 0.1) is 6.92 Å². The minimum atomic E-state index is -3.83. The molecular formula is C23H22N2O5S. The number of hydrogen-bond acceptors (Lipinski definition) is 5. The molecule has 0 fully saturated rings. The van der Waals surface area contributed by atoms with E-state index in [2.05, 4.69) is 10.0 Å². The van der Waals surface area contributed by atoms with Gasteiger partial charge in [-0.15, -0.1) is 0 Å². The fraction of sp³-hybridized carbons (Fsp3) is 0.174. The fourth-order valence-electron chi connectivity index (χ4n) is 3.20. The molecule has 1 heterocycles. The molecule has 0 unspecified atom stereocenters. The van der Waals surface area contributed by atoms with Crippen LogP contribution in [0.4, 0.5) is 5.69 Å². The number of para-hydroxylation sites is 2. The van der Waals surface area contributed by atoms with E-state index in [0.717, 1.165) is 5.56 Å². The molecule has 160 valence electrons. The molecule has 7 nitrogen and oxygen atoms in total. The van der Waals surface area contributed by atoms with E-state index in [4.69, 9.17) is 9.47 Å². The van der Waals surface area contributed by atoms with Crippen molar-refractivity contribution in [2.75, 3.05) is 17.9 Å². The number of amides is 1. The SMILES string of the molecule is Cc1cccc(NS(=O)(=O)c2cccc(C(=O)NC[C@@H]3COc4ccccc4O3)c2)c1. The van der Waals surface area contributed by atoms with Crippen LogP contribution in [0.5, 0.6) is 11.5 Å².